The van der Waals surface area contributed by atoms with Crippen LogP contribution in [0.1, 0.15) is 51.4 Å². The third-order valence-electron chi connectivity index (χ3n) is 3.45. The van der Waals surface area contributed by atoms with Crippen LogP contribution < -0.4 is 5.73 Å². The lowest BCUT2D eigenvalue weighted by molar-refractivity contribution is -0.142. The van der Waals surface area contributed by atoms with Crippen LogP contribution in [0.3, 0.4) is 0 Å². The summed E-state index contributed by atoms with van der Waals surface area (Å²) in [6.45, 7) is 0.606. The highest BCUT2D eigenvalue weighted by atomic mass is 16.4. The Morgan fingerprint density at radius 1 is 1.33 bits per heavy atom. The van der Waals surface area contributed by atoms with Gasteiger partial charge >= 0.3 is 5.97 Å². The van der Waals surface area contributed by atoms with Crippen molar-refractivity contribution in [1.82, 2.24) is 0 Å². The first-order chi connectivity index (χ1) is 7.24. The minimum atomic E-state index is -0.631. The molecule has 0 radical (unpaired) electrons. The third-order valence-corrected chi connectivity index (χ3v) is 3.45. The Kier molecular flexibility index (Phi) is 5.69. The van der Waals surface area contributed by atoms with E-state index in [1.807, 2.05) is 0 Å². The van der Waals surface area contributed by atoms with E-state index < -0.39 is 5.97 Å². The lowest BCUT2D eigenvalue weighted by Gasteiger charge is -2.24. The summed E-state index contributed by atoms with van der Waals surface area (Å²) in [5.74, 6) is -0.136. The predicted molar refractivity (Wildman–Crippen MR) is 60.6 cm³/mol. The molecule has 0 spiro atoms. The lowest BCUT2D eigenvalue weighted by atomic mass is 9.81. The topological polar surface area (TPSA) is 63.3 Å². The van der Waals surface area contributed by atoms with E-state index in [0.717, 1.165) is 19.3 Å². The highest BCUT2D eigenvalue weighted by Crippen LogP contribution is 2.30. The number of aliphatic carboxylic acids is 1. The Bertz CT molecular complexity index is 188. The molecule has 1 saturated carbocycles. The van der Waals surface area contributed by atoms with Crippen molar-refractivity contribution in [3.8, 4) is 0 Å². The summed E-state index contributed by atoms with van der Waals surface area (Å²) in [6.07, 6.45) is 8.82. The van der Waals surface area contributed by atoms with Crippen molar-refractivity contribution >= 4 is 5.97 Å². The van der Waals surface area contributed by atoms with Gasteiger partial charge in [-0.2, -0.15) is 0 Å². The molecule has 3 heteroatoms. The smallest absolute Gasteiger partial charge is 0.306 e. The average Bonchev–Trinajstić information content (AvgIpc) is 2.25. The molecular weight excluding hydrogens is 190 g/mol. The summed E-state index contributed by atoms with van der Waals surface area (Å²) in [5, 5.41) is 9.09. The fourth-order valence-corrected chi connectivity index (χ4v) is 2.53. The molecule has 1 unspecified atom stereocenters. The molecule has 1 atom stereocenters. The molecule has 0 aromatic rings. The number of rotatable bonds is 6. The van der Waals surface area contributed by atoms with Crippen LogP contribution in [0.2, 0.25) is 0 Å². The molecule has 88 valence electrons. The average molecular weight is 213 g/mol. The Morgan fingerprint density at radius 2 is 2.00 bits per heavy atom. The van der Waals surface area contributed by atoms with Crippen LogP contribution in [-0.2, 0) is 4.79 Å². The van der Waals surface area contributed by atoms with Crippen molar-refractivity contribution in [3.05, 3.63) is 0 Å². The van der Waals surface area contributed by atoms with Gasteiger partial charge in [-0.05, 0) is 31.7 Å². The second-order valence-electron chi connectivity index (χ2n) is 4.71. The fraction of sp³-hybridized carbons (Fsp3) is 0.917. The van der Waals surface area contributed by atoms with E-state index in [1.165, 1.54) is 32.1 Å². The van der Waals surface area contributed by atoms with Crippen molar-refractivity contribution in [2.75, 3.05) is 6.54 Å². The largest absolute Gasteiger partial charge is 0.481 e. The van der Waals surface area contributed by atoms with E-state index in [-0.39, 0.29) is 5.92 Å². The molecule has 1 aliphatic rings. The number of hydrogen-bond donors (Lipinski definition) is 2. The maximum absolute atomic E-state index is 11.0. The van der Waals surface area contributed by atoms with Gasteiger partial charge in [-0.25, -0.2) is 0 Å². The second-order valence-corrected chi connectivity index (χ2v) is 4.71. The number of carboxylic acid groups (broad SMARTS) is 1. The van der Waals surface area contributed by atoms with Crippen molar-refractivity contribution in [1.29, 1.82) is 0 Å². The maximum Gasteiger partial charge on any atom is 0.306 e. The molecule has 15 heavy (non-hydrogen) atoms. The molecule has 0 aromatic heterocycles. The summed E-state index contributed by atoms with van der Waals surface area (Å²) in [4.78, 5) is 11.0. The number of nitrogens with two attached hydrogens (primary N) is 1. The molecule has 1 rings (SSSR count). The van der Waals surface area contributed by atoms with Crippen molar-refractivity contribution in [3.63, 3.8) is 0 Å². The SMILES string of the molecule is NCCCC(CC1CCCCC1)C(=O)O. The normalized spacial score (nSPS) is 20.1. The van der Waals surface area contributed by atoms with Gasteiger partial charge < -0.3 is 10.8 Å². The summed E-state index contributed by atoms with van der Waals surface area (Å²) >= 11 is 0. The molecule has 0 heterocycles. The first-order valence-corrected chi connectivity index (χ1v) is 6.17. The highest BCUT2D eigenvalue weighted by molar-refractivity contribution is 5.69. The van der Waals surface area contributed by atoms with Crippen molar-refractivity contribution < 1.29 is 9.90 Å². The van der Waals surface area contributed by atoms with E-state index in [1.54, 1.807) is 0 Å². The monoisotopic (exact) mass is 213 g/mol. The summed E-state index contributed by atoms with van der Waals surface area (Å²) in [5.41, 5.74) is 5.42. The Balaban J connectivity index is 2.31. The molecule has 0 bridgehead atoms. The standard InChI is InChI=1S/C12H23NO2/c13-8-4-7-11(12(14)15)9-10-5-2-1-3-6-10/h10-11H,1-9,13H2,(H,14,15). The zero-order valence-electron chi connectivity index (χ0n) is 9.45. The number of carbonyl (C=O) groups is 1. The van der Waals surface area contributed by atoms with E-state index in [0.29, 0.717) is 12.5 Å². The van der Waals surface area contributed by atoms with Gasteiger partial charge in [0.15, 0.2) is 0 Å². The minimum Gasteiger partial charge on any atom is -0.481 e. The van der Waals surface area contributed by atoms with Gasteiger partial charge in [0.1, 0.15) is 0 Å². The van der Waals surface area contributed by atoms with Gasteiger partial charge in [0.25, 0.3) is 0 Å². The van der Waals surface area contributed by atoms with E-state index in [2.05, 4.69) is 0 Å². The fourth-order valence-electron chi connectivity index (χ4n) is 2.53. The van der Waals surface area contributed by atoms with Gasteiger partial charge in [0.05, 0.1) is 5.92 Å². The van der Waals surface area contributed by atoms with Crippen LogP contribution in [0.5, 0.6) is 0 Å². The minimum absolute atomic E-state index is 0.156. The molecule has 0 amide bonds. The molecule has 0 aliphatic heterocycles. The molecule has 0 aromatic carbocycles. The highest BCUT2D eigenvalue weighted by Gasteiger charge is 2.23. The zero-order valence-corrected chi connectivity index (χ0v) is 9.45. The first-order valence-electron chi connectivity index (χ1n) is 6.17. The first kappa shape index (κ1) is 12.5. The molecule has 3 N–H and O–H groups in total. The summed E-state index contributed by atoms with van der Waals surface area (Å²) in [6, 6.07) is 0. The molecular formula is C12H23NO2. The van der Waals surface area contributed by atoms with E-state index >= 15 is 0 Å². The Hall–Kier alpha value is -0.570. The second kappa shape index (κ2) is 6.83. The third kappa shape index (κ3) is 4.65. The Morgan fingerprint density at radius 3 is 2.53 bits per heavy atom. The van der Waals surface area contributed by atoms with Crippen molar-refractivity contribution in [2.45, 2.75) is 51.4 Å². The van der Waals surface area contributed by atoms with Crippen LogP contribution in [0.15, 0.2) is 0 Å². The predicted octanol–water partition coefficient (Wildman–Crippen LogP) is 2.40. The van der Waals surface area contributed by atoms with E-state index in [9.17, 15) is 4.79 Å². The Labute approximate surface area is 92.0 Å². The summed E-state index contributed by atoms with van der Waals surface area (Å²) < 4.78 is 0. The van der Waals surface area contributed by atoms with Crippen LogP contribution >= 0.6 is 0 Å². The maximum atomic E-state index is 11.0. The van der Waals surface area contributed by atoms with Gasteiger partial charge in [-0.3, -0.25) is 4.79 Å². The quantitative estimate of drug-likeness (QED) is 0.712. The van der Waals surface area contributed by atoms with Crippen LogP contribution in [0.4, 0.5) is 0 Å². The lowest BCUT2D eigenvalue weighted by Crippen LogP contribution is -2.20. The summed E-state index contributed by atoms with van der Waals surface area (Å²) in [7, 11) is 0. The molecule has 1 fully saturated rings. The van der Waals surface area contributed by atoms with Crippen molar-refractivity contribution in [2.24, 2.45) is 17.6 Å². The zero-order chi connectivity index (χ0) is 11.1. The van der Waals surface area contributed by atoms with Crippen LogP contribution in [-0.4, -0.2) is 17.6 Å². The van der Waals surface area contributed by atoms with E-state index in [4.69, 9.17) is 10.8 Å². The van der Waals surface area contributed by atoms with Crippen LogP contribution in [0, 0.1) is 11.8 Å². The van der Waals surface area contributed by atoms with Gasteiger partial charge in [0, 0.05) is 0 Å². The van der Waals surface area contributed by atoms with Gasteiger partial charge in [-0.15, -0.1) is 0 Å². The van der Waals surface area contributed by atoms with Crippen LogP contribution in [0.25, 0.3) is 0 Å². The number of carboxylic acids is 1. The molecule has 1 aliphatic carbocycles. The van der Waals surface area contributed by atoms with Gasteiger partial charge in [0.2, 0.25) is 0 Å². The molecule has 3 nitrogen and oxygen atoms in total. The number of hydrogen-bond acceptors (Lipinski definition) is 2. The van der Waals surface area contributed by atoms with Gasteiger partial charge in [-0.1, -0.05) is 32.1 Å². The molecule has 0 saturated heterocycles.